The van der Waals surface area contributed by atoms with Gasteiger partial charge in [-0.1, -0.05) is 0 Å². The molecule has 5 atom stereocenters. The number of phenolic OH excluding ortho intramolecular Hbond substituents is 10. The summed E-state index contributed by atoms with van der Waals surface area (Å²) < 4.78 is 27.7. The lowest BCUT2D eigenvalue weighted by molar-refractivity contribution is -0.276. The summed E-state index contributed by atoms with van der Waals surface area (Å²) >= 11 is 0. The number of rotatable bonds is 9. The Labute approximate surface area is 290 Å². The second-order valence-corrected chi connectivity index (χ2v) is 11.1. The van der Waals surface area contributed by atoms with Gasteiger partial charge in [0.05, 0.1) is 16.7 Å². The fourth-order valence-electron chi connectivity index (χ4n) is 4.84. The fourth-order valence-corrected chi connectivity index (χ4v) is 4.84. The zero-order valence-corrected chi connectivity index (χ0v) is 26.1. The van der Waals surface area contributed by atoms with Gasteiger partial charge < -0.3 is 79.9 Å². The summed E-state index contributed by atoms with van der Waals surface area (Å²) in [6.45, 7) is -0.905. The van der Waals surface area contributed by atoms with Crippen LogP contribution in [0.5, 0.6) is 63.2 Å². The van der Waals surface area contributed by atoms with Crippen molar-refractivity contribution in [2.75, 3.05) is 6.61 Å². The van der Waals surface area contributed by atoms with Crippen LogP contribution in [0.4, 0.5) is 0 Å². The van der Waals surface area contributed by atoms with E-state index in [-0.39, 0.29) is 11.5 Å². The molecule has 19 heteroatoms. The summed E-state index contributed by atoms with van der Waals surface area (Å²) in [6, 6.07) is 9.22. The van der Waals surface area contributed by atoms with Crippen LogP contribution in [0.25, 0.3) is 0 Å². The summed E-state index contributed by atoms with van der Waals surface area (Å²) in [5, 5.41) is 110. The molecule has 0 aliphatic carbocycles. The van der Waals surface area contributed by atoms with Crippen LogP contribution in [0.1, 0.15) is 31.1 Å². The topological polar surface area (TPSA) is 320 Å². The van der Waals surface area contributed by atoms with Gasteiger partial charge in [-0.15, -0.1) is 0 Å². The Kier molecular flexibility index (Phi) is 10.1. The third-order valence-electron chi connectivity index (χ3n) is 7.49. The molecule has 1 fully saturated rings. The molecule has 0 unspecified atom stereocenters. The lowest BCUT2D eigenvalue weighted by Crippen LogP contribution is -2.62. The number of aromatic hydroxyl groups is 10. The number of carbonyl (C=O) groups excluding carboxylic acids is 3. The SMILES string of the molecule is O=C(OC[C@H]1O[C@@H](Oc2ccc(O)cc2)[C@H](OC(=O)c2cc(O)c(O)c(O)c2)[C@@H](O)[C@@H]1OC(=O)c1cc(O)c(O)c(O)c1)c1cc(O)c(O)c(O)c1. The van der Waals surface area contributed by atoms with Gasteiger partial charge in [0.2, 0.25) is 6.29 Å². The highest BCUT2D eigenvalue weighted by molar-refractivity contribution is 5.92. The molecule has 1 aliphatic rings. The molecule has 1 aliphatic heterocycles. The lowest BCUT2D eigenvalue weighted by Gasteiger charge is -2.42. The number of ether oxygens (including phenoxy) is 5. The quantitative estimate of drug-likeness (QED) is 0.0661. The van der Waals surface area contributed by atoms with E-state index in [9.17, 15) is 70.6 Å². The average molecular weight is 729 g/mol. The highest BCUT2D eigenvalue weighted by Gasteiger charge is 2.51. The van der Waals surface area contributed by atoms with E-state index in [0.29, 0.717) is 24.3 Å². The molecule has 5 rings (SSSR count). The maximum Gasteiger partial charge on any atom is 0.339 e. The molecular weight excluding hydrogens is 700 g/mol. The summed E-state index contributed by atoms with van der Waals surface area (Å²) in [7, 11) is 0. The smallest absolute Gasteiger partial charge is 0.339 e. The van der Waals surface area contributed by atoms with Crippen molar-refractivity contribution in [1.29, 1.82) is 0 Å². The minimum atomic E-state index is -2.16. The molecule has 0 bridgehead atoms. The number of hydrogen-bond donors (Lipinski definition) is 11. The van der Waals surface area contributed by atoms with Crippen molar-refractivity contribution in [3.8, 4) is 63.2 Å². The third-order valence-corrected chi connectivity index (χ3v) is 7.49. The summed E-state index contributed by atoms with van der Waals surface area (Å²) in [5.74, 6) is -12.5. The van der Waals surface area contributed by atoms with Gasteiger partial charge in [0.1, 0.15) is 30.3 Å². The minimum absolute atomic E-state index is 0.0488. The van der Waals surface area contributed by atoms with Crippen molar-refractivity contribution in [3.63, 3.8) is 0 Å². The van der Waals surface area contributed by atoms with Crippen LogP contribution >= 0.6 is 0 Å². The minimum Gasteiger partial charge on any atom is -0.508 e. The molecule has 0 amide bonds. The van der Waals surface area contributed by atoms with Gasteiger partial charge in [-0.25, -0.2) is 14.4 Å². The van der Waals surface area contributed by atoms with E-state index in [1.54, 1.807) is 0 Å². The second-order valence-electron chi connectivity index (χ2n) is 11.1. The third kappa shape index (κ3) is 7.59. The Hall–Kier alpha value is -6.99. The Morgan fingerprint density at radius 2 is 0.942 bits per heavy atom. The predicted octanol–water partition coefficient (Wildman–Crippen LogP) is 1.52. The molecule has 4 aromatic carbocycles. The number of benzene rings is 4. The fraction of sp³-hybridized carbons (Fsp3) is 0.182. The number of aliphatic hydroxyl groups is 1. The summed E-state index contributed by atoms with van der Waals surface area (Å²) in [4.78, 5) is 39.3. The largest absolute Gasteiger partial charge is 0.508 e. The first-order valence-electron chi connectivity index (χ1n) is 14.7. The molecule has 0 spiro atoms. The van der Waals surface area contributed by atoms with Gasteiger partial charge in [-0.05, 0) is 60.7 Å². The van der Waals surface area contributed by atoms with Crippen LogP contribution in [0.3, 0.4) is 0 Å². The Bertz CT molecular complexity index is 1940. The summed E-state index contributed by atoms with van der Waals surface area (Å²) in [5.41, 5.74) is -1.60. The zero-order valence-electron chi connectivity index (χ0n) is 26.1. The molecule has 19 nitrogen and oxygen atoms in total. The van der Waals surface area contributed by atoms with E-state index < -0.39 is 124 Å². The Balaban J connectivity index is 1.50. The van der Waals surface area contributed by atoms with Crippen LogP contribution in [-0.2, 0) is 18.9 Å². The highest BCUT2D eigenvalue weighted by Crippen LogP contribution is 2.39. The van der Waals surface area contributed by atoms with Crippen molar-refractivity contribution in [3.05, 3.63) is 77.4 Å². The molecule has 274 valence electrons. The zero-order chi connectivity index (χ0) is 38.0. The maximum atomic E-state index is 13.2. The van der Waals surface area contributed by atoms with Crippen molar-refractivity contribution in [2.24, 2.45) is 0 Å². The number of hydrogen-bond acceptors (Lipinski definition) is 19. The van der Waals surface area contributed by atoms with Crippen molar-refractivity contribution in [2.45, 2.75) is 30.7 Å². The van der Waals surface area contributed by atoms with Crippen molar-refractivity contribution < 1.29 is 94.2 Å². The van der Waals surface area contributed by atoms with Gasteiger partial charge in [-0.3, -0.25) is 0 Å². The van der Waals surface area contributed by atoms with Crippen LogP contribution in [0.15, 0.2) is 60.7 Å². The predicted molar refractivity (Wildman–Crippen MR) is 166 cm³/mol. The van der Waals surface area contributed by atoms with Crippen LogP contribution in [0.2, 0.25) is 0 Å². The van der Waals surface area contributed by atoms with E-state index in [4.69, 9.17) is 23.7 Å². The molecule has 1 saturated heterocycles. The molecule has 52 heavy (non-hydrogen) atoms. The lowest BCUT2D eigenvalue weighted by atomic mass is 9.98. The first-order valence-corrected chi connectivity index (χ1v) is 14.7. The van der Waals surface area contributed by atoms with E-state index >= 15 is 0 Å². The van der Waals surface area contributed by atoms with Gasteiger partial charge in [0.25, 0.3) is 0 Å². The Morgan fingerprint density at radius 3 is 1.37 bits per heavy atom. The first kappa shape index (κ1) is 36.3. The highest BCUT2D eigenvalue weighted by atomic mass is 16.7. The number of phenols is 10. The molecule has 0 radical (unpaired) electrons. The molecule has 1 heterocycles. The average Bonchev–Trinajstić information content (AvgIpc) is 3.10. The molecule has 0 aromatic heterocycles. The van der Waals surface area contributed by atoms with Gasteiger partial charge >= 0.3 is 17.9 Å². The monoisotopic (exact) mass is 728 g/mol. The van der Waals surface area contributed by atoms with Crippen molar-refractivity contribution >= 4 is 17.9 Å². The molecular formula is C33H28O19. The van der Waals surface area contributed by atoms with Gasteiger partial charge in [0, 0.05) is 0 Å². The van der Waals surface area contributed by atoms with Crippen LogP contribution in [0, 0.1) is 0 Å². The van der Waals surface area contributed by atoms with Crippen LogP contribution < -0.4 is 4.74 Å². The van der Waals surface area contributed by atoms with E-state index in [1.807, 2.05) is 0 Å². The van der Waals surface area contributed by atoms with E-state index in [2.05, 4.69) is 0 Å². The Morgan fingerprint density at radius 1 is 0.558 bits per heavy atom. The molecule has 4 aromatic rings. The maximum absolute atomic E-state index is 13.2. The van der Waals surface area contributed by atoms with Gasteiger partial charge in [-0.2, -0.15) is 0 Å². The van der Waals surface area contributed by atoms with Crippen molar-refractivity contribution in [1.82, 2.24) is 0 Å². The number of carbonyl (C=O) groups is 3. The van der Waals surface area contributed by atoms with Gasteiger partial charge in [0.15, 0.2) is 64.0 Å². The molecule has 0 saturated carbocycles. The van der Waals surface area contributed by atoms with E-state index in [0.717, 1.165) is 12.1 Å². The first-order chi connectivity index (χ1) is 24.5. The summed E-state index contributed by atoms with van der Waals surface area (Å²) in [6.07, 6.45) is -9.69. The molecule has 11 N–H and O–H groups in total. The normalized spacial score (nSPS) is 19.7. The van der Waals surface area contributed by atoms with Crippen LogP contribution in [-0.4, -0.2) is 111 Å². The number of aliphatic hydroxyl groups excluding tert-OH is 1. The van der Waals surface area contributed by atoms with E-state index in [1.165, 1.54) is 24.3 Å². The second kappa shape index (κ2) is 14.5. The number of esters is 3. The standard InChI is InChI=1S/C33H28O19/c34-15-1-3-16(4-2-15)49-33-29(52-32(47)14-9-21(39)26(43)22(40)10-14)27(44)28(51-31(46)13-7-19(37)25(42)20(38)8-13)23(50-33)11-48-30(45)12-5-17(35)24(41)18(36)6-12/h1-10,23,27-29,33-44H,11H2/t23-,27+,28-,29-,33-/m1/s1.